The topological polar surface area (TPSA) is 54.0 Å². The molecule has 1 aromatic rings. The number of hydrogen-bond donors (Lipinski definition) is 2. The molecule has 2 unspecified atom stereocenters. The monoisotopic (exact) mass is 261 g/mol. The van der Waals surface area contributed by atoms with Crippen molar-refractivity contribution in [2.24, 2.45) is 11.8 Å². The fraction of sp³-hybridized carbons (Fsp3) is 0.600. The largest absolute Gasteiger partial charge is 0.370 e. The Morgan fingerprint density at radius 1 is 1.47 bits per heavy atom. The van der Waals surface area contributed by atoms with Gasteiger partial charge in [0.1, 0.15) is 5.82 Å². The lowest BCUT2D eigenvalue weighted by Crippen LogP contribution is -2.28. The van der Waals surface area contributed by atoms with Gasteiger partial charge in [-0.1, -0.05) is 13.3 Å². The predicted molar refractivity (Wildman–Crippen MR) is 77.2 cm³/mol. The maximum atomic E-state index is 12.1. The van der Waals surface area contributed by atoms with Crippen LogP contribution in [0, 0.1) is 11.8 Å². The molecule has 1 saturated carbocycles. The number of aromatic nitrogens is 1. The average Bonchev–Trinajstić information content (AvgIpc) is 2.82. The van der Waals surface area contributed by atoms with E-state index in [2.05, 4.69) is 22.5 Å². The van der Waals surface area contributed by atoms with Crippen molar-refractivity contribution < 1.29 is 4.79 Å². The second-order valence-electron chi connectivity index (χ2n) is 5.45. The fourth-order valence-corrected chi connectivity index (χ4v) is 2.70. The zero-order chi connectivity index (χ0) is 13.7. The van der Waals surface area contributed by atoms with Crippen molar-refractivity contribution in [2.75, 3.05) is 18.4 Å². The zero-order valence-corrected chi connectivity index (χ0v) is 11.8. The number of amides is 1. The molecule has 1 fully saturated rings. The Labute approximate surface area is 115 Å². The molecule has 1 aliphatic rings. The summed E-state index contributed by atoms with van der Waals surface area (Å²) >= 11 is 0. The molecule has 2 atom stereocenters. The van der Waals surface area contributed by atoms with E-state index < -0.39 is 0 Å². The van der Waals surface area contributed by atoms with Gasteiger partial charge >= 0.3 is 0 Å². The van der Waals surface area contributed by atoms with Gasteiger partial charge in [-0.25, -0.2) is 4.98 Å². The van der Waals surface area contributed by atoms with E-state index in [-0.39, 0.29) is 5.91 Å². The number of carbonyl (C=O) groups is 1. The summed E-state index contributed by atoms with van der Waals surface area (Å²) in [6.07, 6.45) is 5.44. The standard InChI is InChI=1S/C15H23N3O/c1-3-16-14-9-13(6-7-17-14)15(19)18-10-12-5-4-11(2)8-12/h6-7,9,11-12H,3-5,8,10H2,1-2H3,(H,16,17)(H,18,19). The Kier molecular flexibility index (Phi) is 4.77. The van der Waals surface area contributed by atoms with Crippen molar-refractivity contribution in [2.45, 2.75) is 33.1 Å². The van der Waals surface area contributed by atoms with Gasteiger partial charge in [0.2, 0.25) is 0 Å². The summed E-state index contributed by atoms with van der Waals surface area (Å²) in [7, 11) is 0. The molecule has 1 aliphatic carbocycles. The molecule has 104 valence electrons. The van der Waals surface area contributed by atoms with Crippen LogP contribution in [0.3, 0.4) is 0 Å². The Bertz CT molecular complexity index is 433. The molecule has 0 aromatic carbocycles. The third kappa shape index (κ3) is 3.94. The van der Waals surface area contributed by atoms with Crippen LogP contribution >= 0.6 is 0 Å². The first-order chi connectivity index (χ1) is 9.19. The fourth-order valence-electron chi connectivity index (χ4n) is 2.70. The maximum absolute atomic E-state index is 12.1. The van der Waals surface area contributed by atoms with Crippen molar-refractivity contribution in [1.29, 1.82) is 0 Å². The van der Waals surface area contributed by atoms with Gasteiger partial charge in [-0.2, -0.15) is 0 Å². The van der Waals surface area contributed by atoms with E-state index in [1.165, 1.54) is 19.3 Å². The lowest BCUT2D eigenvalue weighted by molar-refractivity contribution is 0.0947. The van der Waals surface area contributed by atoms with Crippen LogP contribution in [0.1, 0.15) is 43.5 Å². The van der Waals surface area contributed by atoms with Crippen molar-refractivity contribution in [1.82, 2.24) is 10.3 Å². The summed E-state index contributed by atoms with van der Waals surface area (Å²) < 4.78 is 0. The first-order valence-electron chi connectivity index (χ1n) is 7.17. The van der Waals surface area contributed by atoms with Crippen LogP contribution in [0.4, 0.5) is 5.82 Å². The second kappa shape index (κ2) is 6.55. The van der Waals surface area contributed by atoms with Crippen molar-refractivity contribution in [3.8, 4) is 0 Å². The number of anilines is 1. The van der Waals surface area contributed by atoms with Crippen LogP contribution < -0.4 is 10.6 Å². The van der Waals surface area contributed by atoms with Crippen LogP contribution in [0.2, 0.25) is 0 Å². The van der Waals surface area contributed by atoms with E-state index in [0.717, 1.165) is 24.8 Å². The average molecular weight is 261 g/mol. The smallest absolute Gasteiger partial charge is 0.251 e. The lowest BCUT2D eigenvalue weighted by Gasteiger charge is -2.11. The van der Waals surface area contributed by atoms with E-state index in [4.69, 9.17) is 0 Å². The number of carbonyl (C=O) groups excluding carboxylic acids is 1. The van der Waals surface area contributed by atoms with Gasteiger partial charge in [0.25, 0.3) is 5.91 Å². The molecule has 0 spiro atoms. The first-order valence-corrected chi connectivity index (χ1v) is 7.17. The van der Waals surface area contributed by atoms with Gasteiger partial charge < -0.3 is 10.6 Å². The van der Waals surface area contributed by atoms with Gasteiger partial charge in [-0.3, -0.25) is 4.79 Å². The third-order valence-electron chi connectivity index (χ3n) is 3.73. The van der Waals surface area contributed by atoms with E-state index in [1.54, 1.807) is 18.3 Å². The Morgan fingerprint density at radius 2 is 2.32 bits per heavy atom. The Balaban J connectivity index is 1.87. The molecule has 1 aromatic heterocycles. The quantitative estimate of drug-likeness (QED) is 0.857. The normalized spacial score (nSPS) is 22.2. The summed E-state index contributed by atoms with van der Waals surface area (Å²) in [5.74, 6) is 2.21. The molecule has 0 bridgehead atoms. The van der Waals surface area contributed by atoms with Crippen LogP contribution in [-0.4, -0.2) is 24.0 Å². The summed E-state index contributed by atoms with van der Waals surface area (Å²) in [6.45, 7) is 5.89. The number of pyridine rings is 1. The van der Waals surface area contributed by atoms with Crippen molar-refractivity contribution in [3.05, 3.63) is 23.9 Å². The van der Waals surface area contributed by atoms with Crippen LogP contribution in [0.15, 0.2) is 18.3 Å². The minimum atomic E-state index is 0.00102. The van der Waals surface area contributed by atoms with E-state index >= 15 is 0 Å². The Hall–Kier alpha value is -1.58. The molecule has 19 heavy (non-hydrogen) atoms. The highest BCUT2D eigenvalue weighted by molar-refractivity contribution is 5.94. The highest BCUT2D eigenvalue weighted by atomic mass is 16.1. The molecule has 4 nitrogen and oxygen atoms in total. The van der Waals surface area contributed by atoms with E-state index in [0.29, 0.717) is 11.5 Å². The summed E-state index contributed by atoms with van der Waals surface area (Å²) in [5.41, 5.74) is 0.678. The molecular formula is C15H23N3O. The minimum Gasteiger partial charge on any atom is -0.370 e. The lowest BCUT2D eigenvalue weighted by atomic mass is 10.1. The molecule has 4 heteroatoms. The predicted octanol–water partition coefficient (Wildman–Crippen LogP) is 2.68. The molecule has 0 aliphatic heterocycles. The van der Waals surface area contributed by atoms with Crippen molar-refractivity contribution in [3.63, 3.8) is 0 Å². The molecule has 1 heterocycles. The first kappa shape index (κ1) is 13.8. The molecule has 0 radical (unpaired) electrons. The number of nitrogens with zero attached hydrogens (tertiary/aromatic N) is 1. The maximum Gasteiger partial charge on any atom is 0.251 e. The second-order valence-corrected chi connectivity index (χ2v) is 5.45. The highest BCUT2D eigenvalue weighted by Gasteiger charge is 2.21. The molecule has 2 rings (SSSR count). The number of hydrogen-bond acceptors (Lipinski definition) is 3. The molecule has 1 amide bonds. The van der Waals surface area contributed by atoms with E-state index in [9.17, 15) is 4.79 Å². The van der Waals surface area contributed by atoms with Crippen LogP contribution in [-0.2, 0) is 0 Å². The van der Waals surface area contributed by atoms with E-state index in [1.807, 2.05) is 6.92 Å². The zero-order valence-electron chi connectivity index (χ0n) is 11.8. The van der Waals surface area contributed by atoms with Crippen LogP contribution in [0.25, 0.3) is 0 Å². The third-order valence-corrected chi connectivity index (χ3v) is 3.73. The molecule has 2 N–H and O–H groups in total. The summed E-state index contributed by atoms with van der Waals surface area (Å²) in [4.78, 5) is 16.2. The highest BCUT2D eigenvalue weighted by Crippen LogP contribution is 2.29. The van der Waals surface area contributed by atoms with Gasteiger partial charge in [0, 0.05) is 24.8 Å². The van der Waals surface area contributed by atoms with Gasteiger partial charge in [-0.15, -0.1) is 0 Å². The SMILES string of the molecule is CCNc1cc(C(=O)NCC2CCC(C)C2)ccn1. The summed E-state index contributed by atoms with van der Waals surface area (Å²) in [5, 5.41) is 6.15. The number of nitrogens with one attached hydrogen (secondary N) is 2. The van der Waals surface area contributed by atoms with Gasteiger partial charge in [0.15, 0.2) is 0 Å². The molecule has 0 saturated heterocycles. The Morgan fingerprint density at radius 3 is 3.00 bits per heavy atom. The van der Waals surface area contributed by atoms with Gasteiger partial charge in [0.05, 0.1) is 0 Å². The number of rotatable bonds is 5. The van der Waals surface area contributed by atoms with Crippen LogP contribution in [0.5, 0.6) is 0 Å². The van der Waals surface area contributed by atoms with Crippen molar-refractivity contribution >= 4 is 11.7 Å². The van der Waals surface area contributed by atoms with Gasteiger partial charge in [-0.05, 0) is 43.7 Å². The minimum absolute atomic E-state index is 0.00102. The summed E-state index contributed by atoms with van der Waals surface area (Å²) in [6, 6.07) is 3.56. The molecular weight excluding hydrogens is 238 g/mol.